The molecule has 80 valence electrons. The monoisotopic (exact) mass is 197 g/mol. The largest absolute Gasteiger partial charge is 0.481 e. The summed E-state index contributed by atoms with van der Waals surface area (Å²) in [6.45, 7) is 2.12. The van der Waals surface area contributed by atoms with Crippen molar-refractivity contribution < 1.29 is 9.90 Å². The van der Waals surface area contributed by atoms with Gasteiger partial charge in [0.05, 0.1) is 6.42 Å². The van der Waals surface area contributed by atoms with Crippen LogP contribution in [0.2, 0.25) is 0 Å². The molecule has 0 aliphatic rings. The minimum atomic E-state index is -0.840. The van der Waals surface area contributed by atoms with Gasteiger partial charge < -0.3 is 10.8 Å². The number of unbranched alkanes of at least 4 members (excludes halogenated alkanes) is 1. The maximum absolute atomic E-state index is 10.3. The van der Waals surface area contributed by atoms with Crippen molar-refractivity contribution in [2.75, 3.05) is 0 Å². The molecule has 0 aliphatic heterocycles. The fourth-order valence-electron chi connectivity index (χ4n) is 0.981. The van der Waals surface area contributed by atoms with E-state index in [1.165, 1.54) is 0 Å². The average Bonchev–Trinajstić information content (AvgIpc) is 2.10. The first kappa shape index (κ1) is 12.9. The summed E-state index contributed by atoms with van der Waals surface area (Å²) in [5.41, 5.74) is 5.56. The Morgan fingerprint density at radius 2 is 2.07 bits per heavy atom. The molecular weight excluding hydrogens is 178 g/mol. The molecule has 0 aromatic carbocycles. The van der Waals surface area contributed by atoms with Crippen molar-refractivity contribution in [2.45, 2.75) is 38.6 Å². The first-order valence-corrected chi connectivity index (χ1v) is 4.95. The van der Waals surface area contributed by atoms with Crippen LogP contribution in [0.4, 0.5) is 0 Å². The maximum Gasteiger partial charge on any atom is 0.304 e. The molecule has 14 heavy (non-hydrogen) atoms. The molecule has 0 unspecified atom stereocenters. The average molecular weight is 197 g/mol. The molecule has 0 fully saturated rings. The Kier molecular flexibility index (Phi) is 7.84. The van der Waals surface area contributed by atoms with Gasteiger partial charge in [0.25, 0.3) is 0 Å². The van der Waals surface area contributed by atoms with Crippen LogP contribution < -0.4 is 5.73 Å². The molecule has 3 nitrogen and oxygen atoms in total. The molecule has 0 aliphatic carbocycles. The number of carboxylic acid groups (broad SMARTS) is 1. The molecule has 3 heteroatoms. The van der Waals surface area contributed by atoms with Gasteiger partial charge in [-0.25, -0.2) is 0 Å². The van der Waals surface area contributed by atoms with Gasteiger partial charge in [0.2, 0.25) is 0 Å². The standard InChI is InChI=1S/C11H19NO2/c1-2-3-4-5-6-7-8-10(12)9-11(13)14/h4-7,10H,2-3,8-9,12H2,1H3,(H,13,14)/b5-4+,7-6+/t10-/m0/s1. The third kappa shape index (κ3) is 9.00. The van der Waals surface area contributed by atoms with E-state index in [0.717, 1.165) is 12.8 Å². The van der Waals surface area contributed by atoms with Crippen molar-refractivity contribution >= 4 is 5.97 Å². The minimum absolute atomic E-state index is 0.0308. The van der Waals surface area contributed by atoms with Gasteiger partial charge in [-0.3, -0.25) is 4.79 Å². The zero-order valence-corrected chi connectivity index (χ0v) is 8.65. The molecule has 0 rings (SSSR count). The van der Waals surface area contributed by atoms with E-state index in [-0.39, 0.29) is 12.5 Å². The fraction of sp³-hybridized carbons (Fsp3) is 0.545. The highest BCUT2D eigenvalue weighted by Crippen LogP contribution is 1.96. The minimum Gasteiger partial charge on any atom is -0.481 e. The van der Waals surface area contributed by atoms with E-state index in [9.17, 15) is 4.79 Å². The van der Waals surface area contributed by atoms with E-state index >= 15 is 0 Å². The summed E-state index contributed by atoms with van der Waals surface area (Å²) >= 11 is 0. The second kappa shape index (κ2) is 8.51. The van der Waals surface area contributed by atoms with Crippen LogP contribution >= 0.6 is 0 Å². The second-order valence-corrected chi connectivity index (χ2v) is 3.24. The first-order chi connectivity index (χ1) is 6.66. The van der Waals surface area contributed by atoms with Crippen LogP contribution in [0.3, 0.4) is 0 Å². The lowest BCUT2D eigenvalue weighted by Gasteiger charge is -2.03. The molecule has 1 atom stereocenters. The Balaban J connectivity index is 3.55. The lowest BCUT2D eigenvalue weighted by molar-refractivity contribution is -0.137. The Morgan fingerprint density at radius 1 is 1.43 bits per heavy atom. The molecule has 0 saturated carbocycles. The number of aliphatic carboxylic acids is 1. The molecule has 0 heterocycles. The van der Waals surface area contributed by atoms with Crippen molar-refractivity contribution in [3.63, 3.8) is 0 Å². The number of hydrogen-bond acceptors (Lipinski definition) is 2. The van der Waals surface area contributed by atoms with Crippen molar-refractivity contribution in [3.05, 3.63) is 24.3 Å². The van der Waals surface area contributed by atoms with Gasteiger partial charge in [-0.1, -0.05) is 37.6 Å². The molecule has 0 bridgehead atoms. The van der Waals surface area contributed by atoms with Crippen LogP contribution in [-0.2, 0) is 4.79 Å². The van der Waals surface area contributed by atoms with E-state index in [1.54, 1.807) is 0 Å². The predicted molar refractivity (Wildman–Crippen MR) is 58.0 cm³/mol. The Bertz CT molecular complexity index is 209. The highest BCUT2D eigenvalue weighted by molar-refractivity contribution is 5.67. The number of allylic oxidation sites excluding steroid dienone is 3. The van der Waals surface area contributed by atoms with Gasteiger partial charge in [-0.2, -0.15) is 0 Å². The van der Waals surface area contributed by atoms with Gasteiger partial charge in [0, 0.05) is 6.04 Å². The van der Waals surface area contributed by atoms with Crippen LogP contribution in [0.1, 0.15) is 32.6 Å². The highest BCUT2D eigenvalue weighted by atomic mass is 16.4. The Hall–Kier alpha value is -1.09. The zero-order valence-electron chi connectivity index (χ0n) is 8.65. The number of carboxylic acids is 1. The summed E-state index contributed by atoms with van der Waals surface area (Å²) in [6.07, 6.45) is 10.7. The van der Waals surface area contributed by atoms with Crippen molar-refractivity contribution in [2.24, 2.45) is 5.73 Å². The molecule has 0 radical (unpaired) electrons. The van der Waals surface area contributed by atoms with Crippen molar-refractivity contribution in [1.82, 2.24) is 0 Å². The lowest BCUT2D eigenvalue weighted by Crippen LogP contribution is -2.22. The van der Waals surface area contributed by atoms with E-state index in [0.29, 0.717) is 6.42 Å². The molecule has 0 amide bonds. The van der Waals surface area contributed by atoms with Gasteiger partial charge >= 0.3 is 5.97 Å². The fourth-order valence-corrected chi connectivity index (χ4v) is 0.981. The van der Waals surface area contributed by atoms with Crippen LogP contribution in [0.5, 0.6) is 0 Å². The predicted octanol–water partition coefficient (Wildman–Crippen LogP) is 2.09. The molecular formula is C11H19NO2. The second-order valence-electron chi connectivity index (χ2n) is 3.24. The molecule has 0 aromatic heterocycles. The number of nitrogens with two attached hydrogens (primary N) is 1. The number of hydrogen-bond donors (Lipinski definition) is 2. The number of rotatable bonds is 7. The van der Waals surface area contributed by atoms with Gasteiger partial charge in [0.1, 0.15) is 0 Å². The topological polar surface area (TPSA) is 63.3 Å². The van der Waals surface area contributed by atoms with Gasteiger partial charge in [0.15, 0.2) is 0 Å². The van der Waals surface area contributed by atoms with Gasteiger partial charge in [-0.15, -0.1) is 0 Å². The molecule has 0 aromatic rings. The van der Waals surface area contributed by atoms with E-state index in [2.05, 4.69) is 13.0 Å². The Labute approximate surface area is 85.3 Å². The summed E-state index contributed by atoms with van der Waals surface area (Å²) in [7, 11) is 0. The molecule has 3 N–H and O–H groups in total. The highest BCUT2D eigenvalue weighted by Gasteiger charge is 2.04. The van der Waals surface area contributed by atoms with Crippen LogP contribution in [0.25, 0.3) is 0 Å². The van der Waals surface area contributed by atoms with E-state index in [4.69, 9.17) is 10.8 Å². The molecule has 0 saturated heterocycles. The molecule has 0 spiro atoms. The van der Waals surface area contributed by atoms with Crippen molar-refractivity contribution in [3.8, 4) is 0 Å². The third-order valence-corrected chi connectivity index (χ3v) is 1.71. The quantitative estimate of drug-likeness (QED) is 0.614. The third-order valence-electron chi connectivity index (χ3n) is 1.71. The SMILES string of the molecule is CCC/C=C/C=C/C[C@H](N)CC(=O)O. The Morgan fingerprint density at radius 3 is 2.64 bits per heavy atom. The van der Waals surface area contributed by atoms with Crippen molar-refractivity contribution in [1.29, 1.82) is 0 Å². The summed E-state index contributed by atoms with van der Waals surface area (Å²) in [5, 5.41) is 8.44. The first-order valence-electron chi connectivity index (χ1n) is 4.95. The van der Waals surface area contributed by atoms with Crippen LogP contribution in [0.15, 0.2) is 24.3 Å². The van der Waals surface area contributed by atoms with E-state index < -0.39 is 5.97 Å². The smallest absolute Gasteiger partial charge is 0.304 e. The lowest BCUT2D eigenvalue weighted by atomic mass is 10.1. The summed E-state index contributed by atoms with van der Waals surface area (Å²) in [4.78, 5) is 10.3. The normalized spacial score (nSPS) is 13.9. The summed E-state index contributed by atoms with van der Waals surface area (Å²) < 4.78 is 0. The summed E-state index contributed by atoms with van der Waals surface area (Å²) in [6, 6.07) is -0.275. The number of carbonyl (C=O) groups is 1. The van der Waals surface area contributed by atoms with E-state index in [1.807, 2.05) is 18.2 Å². The summed E-state index contributed by atoms with van der Waals surface area (Å²) in [5.74, 6) is -0.840. The van der Waals surface area contributed by atoms with Crippen LogP contribution in [0, 0.1) is 0 Å². The maximum atomic E-state index is 10.3. The van der Waals surface area contributed by atoms with Crippen LogP contribution in [-0.4, -0.2) is 17.1 Å². The van der Waals surface area contributed by atoms with Gasteiger partial charge in [-0.05, 0) is 12.8 Å². The zero-order chi connectivity index (χ0) is 10.8.